The van der Waals surface area contributed by atoms with E-state index in [0.717, 1.165) is 24.8 Å². The number of benzene rings is 1. The molecule has 0 amide bonds. The quantitative estimate of drug-likeness (QED) is 0.422. The van der Waals surface area contributed by atoms with E-state index in [4.69, 9.17) is 10.5 Å². The van der Waals surface area contributed by atoms with Crippen LogP contribution in [0.4, 0.5) is 0 Å². The molecule has 0 aromatic heterocycles. The first-order valence-electron chi connectivity index (χ1n) is 5.35. The van der Waals surface area contributed by atoms with Crippen molar-refractivity contribution in [3.8, 4) is 0 Å². The molecule has 1 aromatic carbocycles. The normalized spacial score (nSPS) is 12.3. The lowest BCUT2D eigenvalue weighted by Gasteiger charge is -2.12. The Hall–Kier alpha value is -1.12. The lowest BCUT2D eigenvalue weighted by atomic mass is 10.2. The standard InChI is InChI=1S/C13H19NO/c1-2-3-5-10-13(14)15-11-12-8-6-4-7-9-12/h2,4,6-9,13H,1,3,5,10-11,14H2/t13-/m1/s1. The molecule has 0 unspecified atom stereocenters. The Labute approximate surface area is 91.7 Å². The van der Waals surface area contributed by atoms with Crippen LogP contribution < -0.4 is 5.73 Å². The molecule has 2 N–H and O–H groups in total. The van der Waals surface area contributed by atoms with Gasteiger partial charge in [0.1, 0.15) is 6.23 Å². The van der Waals surface area contributed by atoms with Crippen molar-refractivity contribution in [1.82, 2.24) is 0 Å². The summed E-state index contributed by atoms with van der Waals surface area (Å²) < 4.78 is 5.52. The number of nitrogens with two attached hydrogens (primary N) is 1. The highest BCUT2D eigenvalue weighted by atomic mass is 16.5. The van der Waals surface area contributed by atoms with E-state index in [1.165, 1.54) is 0 Å². The van der Waals surface area contributed by atoms with Crippen LogP contribution in [0.1, 0.15) is 24.8 Å². The second-order valence-corrected chi connectivity index (χ2v) is 3.55. The van der Waals surface area contributed by atoms with Crippen LogP contribution in [-0.4, -0.2) is 6.23 Å². The third-order valence-corrected chi connectivity index (χ3v) is 2.20. The molecule has 0 fully saturated rings. The number of rotatable bonds is 7. The fourth-order valence-corrected chi connectivity index (χ4v) is 1.32. The molecule has 2 nitrogen and oxygen atoms in total. The molecule has 0 aliphatic carbocycles. The summed E-state index contributed by atoms with van der Waals surface area (Å²) in [7, 11) is 0. The third-order valence-electron chi connectivity index (χ3n) is 2.20. The fourth-order valence-electron chi connectivity index (χ4n) is 1.32. The second kappa shape index (κ2) is 7.21. The molecular weight excluding hydrogens is 186 g/mol. The molecule has 0 radical (unpaired) electrons. The maximum Gasteiger partial charge on any atom is 0.106 e. The number of allylic oxidation sites excluding steroid dienone is 1. The SMILES string of the molecule is C=CCCC[C@H](N)OCc1ccccc1. The van der Waals surface area contributed by atoms with Crippen molar-refractivity contribution < 1.29 is 4.74 Å². The first-order chi connectivity index (χ1) is 7.33. The van der Waals surface area contributed by atoms with Gasteiger partial charge in [-0.1, -0.05) is 36.4 Å². The topological polar surface area (TPSA) is 35.2 Å². The third kappa shape index (κ3) is 5.35. The summed E-state index contributed by atoms with van der Waals surface area (Å²) in [6.45, 7) is 4.26. The minimum Gasteiger partial charge on any atom is -0.359 e. The first kappa shape index (κ1) is 12.0. The van der Waals surface area contributed by atoms with Crippen molar-refractivity contribution in [1.29, 1.82) is 0 Å². The maximum absolute atomic E-state index is 5.81. The highest BCUT2D eigenvalue weighted by molar-refractivity contribution is 5.13. The number of hydrogen-bond donors (Lipinski definition) is 1. The smallest absolute Gasteiger partial charge is 0.106 e. The molecule has 0 saturated heterocycles. The zero-order chi connectivity index (χ0) is 10.9. The summed E-state index contributed by atoms with van der Waals surface area (Å²) in [6, 6.07) is 10.1. The zero-order valence-corrected chi connectivity index (χ0v) is 9.06. The Morgan fingerprint density at radius 2 is 2.07 bits per heavy atom. The average molecular weight is 205 g/mol. The molecule has 2 heteroatoms. The molecule has 1 rings (SSSR count). The van der Waals surface area contributed by atoms with Crippen molar-refractivity contribution in [3.63, 3.8) is 0 Å². The Kier molecular flexibility index (Phi) is 5.74. The lowest BCUT2D eigenvalue weighted by molar-refractivity contribution is 0.0383. The molecule has 0 bridgehead atoms. The maximum atomic E-state index is 5.81. The average Bonchev–Trinajstić information content (AvgIpc) is 2.28. The van der Waals surface area contributed by atoms with Gasteiger partial charge < -0.3 is 10.5 Å². The van der Waals surface area contributed by atoms with E-state index in [-0.39, 0.29) is 6.23 Å². The summed E-state index contributed by atoms with van der Waals surface area (Å²) >= 11 is 0. The molecular formula is C13H19NO. The summed E-state index contributed by atoms with van der Waals surface area (Å²) in [4.78, 5) is 0. The van der Waals surface area contributed by atoms with Gasteiger partial charge in [-0.25, -0.2) is 0 Å². The van der Waals surface area contributed by atoms with Crippen LogP contribution in [-0.2, 0) is 11.3 Å². The molecule has 1 aromatic rings. The van der Waals surface area contributed by atoms with Crippen LogP contribution in [0.2, 0.25) is 0 Å². The molecule has 15 heavy (non-hydrogen) atoms. The Morgan fingerprint density at radius 1 is 1.33 bits per heavy atom. The molecule has 0 aliphatic rings. The van der Waals surface area contributed by atoms with Crippen molar-refractivity contribution in [2.24, 2.45) is 5.73 Å². The fraction of sp³-hybridized carbons (Fsp3) is 0.385. The minimum absolute atomic E-state index is 0.162. The van der Waals surface area contributed by atoms with Gasteiger partial charge in [0.25, 0.3) is 0 Å². The van der Waals surface area contributed by atoms with Gasteiger partial charge in [0.15, 0.2) is 0 Å². The van der Waals surface area contributed by atoms with Crippen LogP contribution in [0.15, 0.2) is 43.0 Å². The van der Waals surface area contributed by atoms with Crippen molar-refractivity contribution in [2.45, 2.75) is 32.1 Å². The van der Waals surface area contributed by atoms with E-state index in [9.17, 15) is 0 Å². The van der Waals surface area contributed by atoms with Gasteiger partial charge in [-0.15, -0.1) is 6.58 Å². The summed E-state index contributed by atoms with van der Waals surface area (Å²) in [5, 5.41) is 0. The molecule has 0 spiro atoms. The summed E-state index contributed by atoms with van der Waals surface area (Å²) in [5.74, 6) is 0. The Bertz CT molecular complexity index is 271. The van der Waals surface area contributed by atoms with Gasteiger partial charge in [0.2, 0.25) is 0 Å². The van der Waals surface area contributed by atoms with Crippen LogP contribution >= 0.6 is 0 Å². The predicted octanol–water partition coefficient (Wildman–Crippen LogP) is 2.84. The van der Waals surface area contributed by atoms with Crippen LogP contribution in [0.3, 0.4) is 0 Å². The molecule has 0 aliphatic heterocycles. The first-order valence-corrected chi connectivity index (χ1v) is 5.35. The highest BCUT2D eigenvalue weighted by Crippen LogP contribution is 2.05. The van der Waals surface area contributed by atoms with E-state index >= 15 is 0 Å². The molecule has 0 saturated carbocycles. The molecule has 0 heterocycles. The zero-order valence-electron chi connectivity index (χ0n) is 9.06. The molecule has 82 valence electrons. The number of hydrogen-bond acceptors (Lipinski definition) is 2. The van der Waals surface area contributed by atoms with Gasteiger partial charge >= 0.3 is 0 Å². The summed E-state index contributed by atoms with van der Waals surface area (Å²) in [6.07, 6.45) is 4.68. The Morgan fingerprint density at radius 3 is 2.73 bits per heavy atom. The van der Waals surface area contributed by atoms with E-state index < -0.39 is 0 Å². The van der Waals surface area contributed by atoms with Gasteiger partial charge in [-0.2, -0.15) is 0 Å². The van der Waals surface area contributed by atoms with Gasteiger partial charge in [0, 0.05) is 0 Å². The van der Waals surface area contributed by atoms with Crippen molar-refractivity contribution >= 4 is 0 Å². The van der Waals surface area contributed by atoms with Crippen LogP contribution in [0, 0.1) is 0 Å². The Balaban J connectivity index is 2.16. The van der Waals surface area contributed by atoms with Crippen molar-refractivity contribution in [2.75, 3.05) is 0 Å². The second-order valence-electron chi connectivity index (χ2n) is 3.55. The number of ether oxygens (including phenoxy) is 1. The minimum atomic E-state index is -0.162. The predicted molar refractivity (Wildman–Crippen MR) is 63.3 cm³/mol. The van der Waals surface area contributed by atoms with E-state index in [2.05, 4.69) is 6.58 Å². The summed E-state index contributed by atoms with van der Waals surface area (Å²) in [5.41, 5.74) is 6.97. The highest BCUT2D eigenvalue weighted by Gasteiger charge is 2.01. The lowest BCUT2D eigenvalue weighted by Crippen LogP contribution is -2.23. The van der Waals surface area contributed by atoms with E-state index in [1.54, 1.807) is 0 Å². The van der Waals surface area contributed by atoms with Crippen LogP contribution in [0.25, 0.3) is 0 Å². The van der Waals surface area contributed by atoms with Gasteiger partial charge in [-0.05, 0) is 24.8 Å². The van der Waals surface area contributed by atoms with Crippen molar-refractivity contribution in [3.05, 3.63) is 48.6 Å². The number of unbranched alkanes of at least 4 members (excludes halogenated alkanes) is 1. The van der Waals surface area contributed by atoms with Gasteiger partial charge in [-0.3, -0.25) is 0 Å². The largest absolute Gasteiger partial charge is 0.359 e. The van der Waals surface area contributed by atoms with Crippen LogP contribution in [0.5, 0.6) is 0 Å². The monoisotopic (exact) mass is 205 g/mol. The van der Waals surface area contributed by atoms with Gasteiger partial charge in [0.05, 0.1) is 6.61 Å². The van der Waals surface area contributed by atoms with E-state index in [0.29, 0.717) is 6.61 Å². The van der Waals surface area contributed by atoms with E-state index in [1.807, 2.05) is 36.4 Å². The molecule has 1 atom stereocenters.